The maximum Gasteiger partial charge on any atom is 0.253 e. The lowest BCUT2D eigenvalue weighted by molar-refractivity contribution is 0.0650. The molecule has 0 spiro atoms. The first-order valence-corrected chi connectivity index (χ1v) is 11.9. The van der Waals surface area contributed by atoms with Crippen LogP contribution in [0.1, 0.15) is 28.4 Å². The smallest absolute Gasteiger partial charge is 0.253 e. The predicted octanol–water partition coefficient (Wildman–Crippen LogP) is 5.14. The zero-order valence-electron chi connectivity index (χ0n) is 19.7. The maximum atomic E-state index is 13.2. The van der Waals surface area contributed by atoms with Crippen LogP contribution in [0.25, 0.3) is 6.08 Å². The molecule has 4 rings (SSSR count). The van der Waals surface area contributed by atoms with Crippen molar-refractivity contribution in [3.8, 4) is 11.5 Å². The molecule has 0 bridgehead atoms. The van der Waals surface area contributed by atoms with E-state index in [1.807, 2.05) is 78.6 Å². The van der Waals surface area contributed by atoms with Gasteiger partial charge in [-0.15, -0.1) is 0 Å². The molecule has 0 saturated carbocycles. The van der Waals surface area contributed by atoms with Gasteiger partial charge in [-0.05, 0) is 42.8 Å². The van der Waals surface area contributed by atoms with Gasteiger partial charge in [0, 0.05) is 43.9 Å². The van der Waals surface area contributed by atoms with Crippen LogP contribution in [-0.2, 0) is 6.61 Å². The van der Waals surface area contributed by atoms with Crippen LogP contribution < -0.4 is 9.47 Å². The van der Waals surface area contributed by atoms with Crippen molar-refractivity contribution in [2.75, 3.05) is 39.3 Å². The average molecular weight is 457 g/mol. The van der Waals surface area contributed by atoms with Gasteiger partial charge in [-0.2, -0.15) is 0 Å². The highest BCUT2D eigenvalue weighted by molar-refractivity contribution is 5.94. The number of rotatable bonds is 9. The van der Waals surface area contributed by atoms with Gasteiger partial charge < -0.3 is 14.4 Å². The van der Waals surface area contributed by atoms with Crippen molar-refractivity contribution < 1.29 is 14.3 Å². The Morgan fingerprint density at radius 2 is 1.59 bits per heavy atom. The quantitative estimate of drug-likeness (QED) is 0.447. The average Bonchev–Trinajstić information content (AvgIpc) is 2.89. The Morgan fingerprint density at radius 3 is 2.29 bits per heavy atom. The molecule has 0 aromatic heterocycles. The molecule has 1 heterocycles. The normalized spacial score (nSPS) is 14.3. The van der Waals surface area contributed by atoms with Gasteiger partial charge in [-0.25, -0.2) is 0 Å². The number of benzene rings is 3. The Labute approximate surface area is 202 Å². The molecule has 1 aliphatic rings. The summed E-state index contributed by atoms with van der Waals surface area (Å²) in [5, 5.41) is 0. The summed E-state index contributed by atoms with van der Waals surface area (Å²) in [6.45, 7) is 6.94. The van der Waals surface area contributed by atoms with E-state index < -0.39 is 0 Å². The predicted molar refractivity (Wildman–Crippen MR) is 136 cm³/mol. The van der Waals surface area contributed by atoms with E-state index in [9.17, 15) is 4.79 Å². The van der Waals surface area contributed by atoms with Crippen LogP contribution >= 0.6 is 0 Å². The Hall–Kier alpha value is -3.57. The molecule has 1 fully saturated rings. The molecule has 0 aliphatic carbocycles. The van der Waals surface area contributed by atoms with Gasteiger partial charge in [0.1, 0.15) is 18.1 Å². The number of amides is 1. The van der Waals surface area contributed by atoms with Gasteiger partial charge in [0.15, 0.2) is 0 Å². The summed E-state index contributed by atoms with van der Waals surface area (Å²) in [5.74, 6) is 1.60. The molecule has 5 nitrogen and oxygen atoms in total. The second-order valence-corrected chi connectivity index (χ2v) is 8.26. The highest BCUT2D eigenvalue weighted by atomic mass is 16.5. The molecule has 1 aliphatic heterocycles. The van der Waals surface area contributed by atoms with Crippen molar-refractivity contribution in [2.24, 2.45) is 0 Å². The minimum Gasteiger partial charge on any atom is -0.493 e. The third-order valence-electron chi connectivity index (χ3n) is 5.88. The molecule has 0 unspecified atom stereocenters. The van der Waals surface area contributed by atoms with Crippen molar-refractivity contribution in [2.45, 2.75) is 13.5 Å². The fourth-order valence-corrected chi connectivity index (χ4v) is 4.02. The topological polar surface area (TPSA) is 42.0 Å². The van der Waals surface area contributed by atoms with Crippen LogP contribution in [0.3, 0.4) is 0 Å². The highest BCUT2D eigenvalue weighted by Gasteiger charge is 2.22. The Kier molecular flexibility index (Phi) is 8.36. The van der Waals surface area contributed by atoms with Crippen LogP contribution in [0.5, 0.6) is 11.5 Å². The molecule has 0 N–H and O–H groups in total. The fraction of sp³-hybridized carbons (Fsp3) is 0.276. The van der Waals surface area contributed by atoms with Gasteiger partial charge in [0.25, 0.3) is 5.91 Å². The van der Waals surface area contributed by atoms with E-state index in [1.165, 1.54) is 5.56 Å². The van der Waals surface area contributed by atoms with Crippen LogP contribution in [0, 0.1) is 0 Å². The first-order valence-electron chi connectivity index (χ1n) is 11.9. The van der Waals surface area contributed by atoms with E-state index in [0.717, 1.165) is 49.8 Å². The zero-order chi connectivity index (χ0) is 23.6. The molecular formula is C29H32N2O3. The lowest BCUT2D eigenvalue weighted by atomic mass is 10.1. The largest absolute Gasteiger partial charge is 0.493 e. The summed E-state index contributed by atoms with van der Waals surface area (Å²) in [6.07, 6.45) is 4.34. The summed E-state index contributed by atoms with van der Waals surface area (Å²) in [5.41, 5.74) is 2.76. The van der Waals surface area contributed by atoms with Crippen molar-refractivity contribution in [1.29, 1.82) is 0 Å². The third-order valence-corrected chi connectivity index (χ3v) is 5.88. The number of piperazine rings is 1. The lowest BCUT2D eigenvalue weighted by Crippen LogP contribution is -2.48. The summed E-state index contributed by atoms with van der Waals surface area (Å²) in [6, 6.07) is 25.6. The van der Waals surface area contributed by atoms with Gasteiger partial charge >= 0.3 is 0 Å². The standard InChI is InChI=1S/C29H32N2O3/c1-2-33-28-16-15-25(22-26(28)23-34-27-13-7-4-8-14-27)29(32)31-20-18-30(19-21-31)17-9-12-24-10-5-3-6-11-24/h3-16,22H,2,17-21,23H2,1H3/b12-9+. The van der Waals surface area contributed by atoms with Crippen LogP contribution in [-0.4, -0.2) is 55.0 Å². The number of nitrogens with zero attached hydrogens (tertiary/aromatic N) is 2. The van der Waals surface area contributed by atoms with E-state index in [1.54, 1.807) is 0 Å². The van der Waals surface area contributed by atoms with Crippen molar-refractivity contribution in [1.82, 2.24) is 9.80 Å². The second-order valence-electron chi connectivity index (χ2n) is 8.26. The van der Waals surface area contributed by atoms with Gasteiger partial charge in [-0.1, -0.05) is 60.7 Å². The van der Waals surface area contributed by atoms with Gasteiger partial charge in [0.05, 0.1) is 6.61 Å². The zero-order valence-corrected chi connectivity index (χ0v) is 19.7. The van der Waals surface area contributed by atoms with E-state index in [-0.39, 0.29) is 5.91 Å². The van der Waals surface area contributed by atoms with Crippen molar-refractivity contribution in [3.05, 3.63) is 102 Å². The summed E-state index contributed by atoms with van der Waals surface area (Å²) in [4.78, 5) is 17.5. The second kappa shape index (κ2) is 12.1. The number of carbonyl (C=O) groups is 1. The SMILES string of the molecule is CCOc1ccc(C(=O)N2CCN(C/C=C/c3ccccc3)CC2)cc1COc1ccccc1. The number of hydrogen-bond acceptors (Lipinski definition) is 4. The minimum absolute atomic E-state index is 0.0588. The monoisotopic (exact) mass is 456 g/mol. The molecule has 0 atom stereocenters. The minimum atomic E-state index is 0.0588. The van der Waals surface area contributed by atoms with E-state index >= 15 is 0 Å². The summed E-state index contributed by atoms with van der Waals surface area (Å²) >= 11 is 0. The molecule has 1 saturated heterocycles. The first-order chi connectivity index (χ1) is 16.7. The van der Waals surface area contributed by atoms with Gasteiger partial charge in [-0.3, -0.25) is 9.69 Å². The van der Waals surface area contributed by atoms with Crippen molar-refractivity contribution >= 4 is 12.0 Å². The molecule has 3 aromatic carbocycles. The molecule has 34 heavy (non-hydrogen) atoms. The molecule has 0 radical (unpaired) electrons. The van der Waals surface area contributed by atoms with Crippen molar-refractivity contribution in [3.63, 3.8) is 0 Å². The van der Waals surface area contributed by atoms with E-state index in [4.69, 9.17) is 9.47 Å². The van der Waals surface area contributed by atoms with Crippen LogP contribution in [0.15, 0.2) is 84.9 Å². The third kappa shape index (κ3) is 6.49. The van der Waals surface area contributed by atoms with Gasteiger partial charge in [0.2, 0.25) is 0 Å². The number of ether oxygens (including phenoxy) is 2. The molecule has 3 aromatic rings. The highest BCUT2D eigenvalue weighted by Crippen LogP contribution is 2.24. The number of hydrogen-bond donors (Lipinski definition) is 0. The fourth-order valence-electron chi connectivity index (χ4n) is 4.02. The Morgan fingerprint density at radius 1 is 0.882 bits per heavy atom. The molecular weight excluding hydrogens is 424 g/mol. The maximum absolute atomic E-state index is 13.2. The Balaban J connectivity index is 1.34. The number of carbonyl (C=O) groups excluding carboxylic acids is 1. The molecule has 5 heteroatoms. The van der Waals surface area contributed by atoms with Crippen LogP contribution in [0.2, 0.25) is 0 Å². The van der Waals surface area contributed by atoms with E-state index in [0.29, 0.717) is 18.8 Å². The first kappa shape index (κ1) is 23.6. The number of para-hydroxylation sites is 1. The Bertz CT molecular complexity index is 1080. The molecule has 1 amide bonds. The summed E-state index contributed by atoms with van der Waals surface area (Å²) in [7, 11) is 0. The van der Waals surface area contributed by atoms with Crippen LogP contribution in [0.4, 0.5) is 0 Å². The van der Waals surface area contributed by atoms with E-state index in [2.05, 4.69) is 29.2 Å². The lowest BCUT2D eigenvalue weighted by Gasteiger charge is -2.34. The molecule has 176 valence electrons. The summed E-state index contributed by atoms with van der Waals surface area (Å²) < 4.78 is 11.7.